The molecule has 18 rings (SSSR count). The van der Waals surface area contributed by atoms with Crippen molar-refractivity contribution in [1.82, 2.24) is 0 Å². The SMILES string of the molecule is CC(C)c1cc(C(C)C)c(B2c3ccccc3Sc3cc4c(cc32)B2c3ccccc3N3c5ccccc5B5c6c3c2c2c3c6N(c6ccccc6B3c3ccccc3N42)c2ccc3c(oc4ccccc43)c25)c(C(C)C)c1. The van der Waals surface area contributed by atoms with E-state index in [0.717, 1.165) is 16.6 Å². The van der Waals surface area contributed by atoms with Crippen LogP contribution in [0.2, 0.25) is 0 Å². The molecular formula is C69H51B4N3OS. The van der Waals surface area contributed by atoms with Crippen molar-refractivity contribution in [2.24, 2.45) is 0 Å². The third-order valence-electron chi connectivity index (χ3n) is 19.1. The van der Waals surface area contributed by atoms with Crippen LogP contribution in [0.4, 0.5) is 51.2 Å². The molecule has 78 heavy (non-hydrogen) atoms. The minimum Gasteiger partial charge on any atom is -0.457 e. The molecular weight excluding hydrogens is 962 g/mol. The van der Waals surface area contributed by atoms with Crippen molar-refractivity contribution in [2.75, 3.05) is 14.7 Å². The van der Waals surface area contributed by atoms with Gasteiger partial charge in [-0.15, -0.1) is 0 Å². The summed E-state index contributed by atoms with van der Waals surface area (Å²) in [6.45, 7) is 14.3. The van der Waals surface area contributed by atoms with E-state index in [-0.39, 0.29) is 26.9 Å². The molecule has 0 saturated carbocycles. The van der Waals surface area contributed by atoms with E-state index in [2.05, 4.69) is 238 Å². The molecule has 9 heteroatoms. The Morgan fingerprint density at radius 2 is 0.821 bits per heavy atom. The van der Waals surface area contributed by atoms with Gasteiger partial charge in [-0.05, 0) is 138 Å². The van der Waals surface area contributed by atoms with Gasteiger partial charge in [-0.1, -0.05) is 197 Å². The van der Waals surface area contributed by atoms with E-state index < -0.39 is 0 Å². The van der Waals surface area contributed by atoms with Crippen molar-refractivity contribution < 1.29 is 4.42 Å². The maximum Gasteiger partial charge on any atom is 0.256 e. The summed E-state index contributed by atoms with van der Waals surface area (Å²) in [5, 5.41) is 2.32. The van der Waals surface area contributed by atoms with E-state index in [4.69, 9.17) is 4.42 Å². The van der Waals surface area contributed by atoms with Crippen molar-refractivity contribution in [3.63, 3.8) is 0 Å². The Balaban J connectivity index is 1.01. The van der Waals surface area contributed by atoms with Gasteiger partial charge in [0.2, 0.25) is 6.71 Å². The van der Waals surface area contributed by atoms with Gasteiger partial charge in [0.15, 0.2) is 0 Å². The topological polar surface area (TPSA) is 22.9 Å². The maximum atomic E-state index is 7.22. The van der Waals surface area contributed by atoms with Crippen LogP contribution in [0.25, 0.3) is 21.9 Å². The average Bonchev–Trinajstić information content (AvgIpc) is 2.48. The summed E-state index contributed by atoms with van der Waals surface area (Å²) < 4.78 is 7.22. The molecule has 0 N–H and O–H groups in total. The molecule has 7 aliphatic heterocycles. The first-order chi connectivity index (χ1) is 38.2. The molecule has 8 heterocycles. The number of fused-ring (bicyclic) bond motifs is 24. The van der Waals surface area contributed by atoms with Crippen LogP contribution in [0.1, 0.15) is 76.0 Å². The fourth-order valence-electron chi connectivity index (χ4n) is 15.9. The molecule has 0 atom stereocenters. The fraction of sp³-hybridized carbons (Fsp3) is 0.130. The number of hydrogen-bond acceptors (Lipinski definition) is 5. The minimum absolute atomic E-state index is 0.0135. The third-order valence-corrected chi connectivity index (χ3v) is 20.2. The van der Waals surface area contributed by atoms with Gasteiger partial charge >= 0.3 is 0 Å². The Labute approximate surface area is 461 Å². The summed E-state index contributed by atoms with van der Waals surface area (Å²) in [5.74, 6) is 1.13. The highest BCUT2D eigenvalue weighted by Crippen LogP contribution is 2.52. The van der Waals surface area contributed by atoms with Crippen LogP contribution in [-0.2, 0) is 0 Å². The van der Waals surface area contributed by atoms with Gasteiger partial charge in [-0.25, -0.2) is 0 Å². The first kappa shape index (κ1) is 44.0. The standard InChI is InChI=1S/C69H51B4N3OS/c1-37(2)40-33-43(38(3)4)61(44(34-40)39(5)6)72-49-24-12-18-30-59(49)78-60-36-57-50(35-51(60)72)71-47-22-10-13-25-52(47)74-55-28-16-11-23-48(55)73-62-56(32-31-42-41-19-7-17-29-58(41)77-69(42)62)75-53-26-14-8-20-45(53)70-46-21-9-15-27-54(46)76(57)66-63(70)68(75)65(73)67(74)64(66)71/h7-39H,1-6H3. The van der Waals surface area contributed by atoms with Crippen molar-refractivity contribution in [1.29, 1.82) is 0 Å². The number of para-hydroxylation sites is 5. The molecule has 4 nitrogen and oxygen atoms in total. The van der Waals surface area contributed by atoms with Gasteiger partial charge in [-0.2, -0.15) is 0 Å². The number of rotatable bonds is 4. The second-order valence-electron chi connectivity index (χ2n) is 23.9. The lowest BCUT2D eigenvalue weighted by Crippen LogP contribution is -2.75. The molecule has 1 aromatic heterocycles. The Kier molecular flexibility index (Phi) is 8.69. The molecule has 0 aliphatic carbocycles. The summed E-state index contributed by atoms with van der Waals surface area (Å²) in [6.07, 6.45) is 0. The maximum absolute atomic E-state index is 7.22. The van der Waals surface area contributed by atoms with Crippen LogP contribution < -0.4 is 80.3 Å². The fourth-order valence-corrected chi connectivity index (χ4v) is 17.1. The monoisotopic (exact) mass is 1010 g/mol. The Morgan fingerprint density at radius 1 is 0.346 bits per heavy atom. The number of nitrogens with zero attached hydrogens (tertiary/aromatic N) is 3. The molecule has 0 radical (unpaired) electrons. The molecule has 0 amide bonds. The zero-order chi connectivity index (χ0) is 51.7. The van der Waals surface area contributed by atoms with Crippen molar-refractivity contribution in [3.05, 3.63) is 199 Å². The lowest BCUT2D eigenvalue weighted by molar-refractivity contribution is 0.671. The quantitative estimate of drug-likeness (QED) is 0.164. The Bertz CT molecular complexity index is 4530. The van der Waals surface area contributed by atoms with E-state index >= 15 is 0 Å². The molecule has 7 aliphatic rings. The van der Waals surface area contributed by atoms with E-state index in [1.54, 1.807) is 0 Å². The van der Waals surface area contributed by atoms with E-state index in [0.29, 0.717) is 17.8 Å². The van der Waals surface area contributed by atoms with Crippen molar-refractivity contribution >= 4 is 177 Å². The zero-order valence-corrected chi connectivity index (χ0v) is 45.3. The highest BCUT2D eigenvalue weighted by Gasteiger charge is 2.58. The normalized spacial score (nSPS) is 14.9. The van der Waals surface area contributed by atoms with Crippen LogP contribution >= 0.6 is 11.8 Å². The third kappa shape index (κ3) is 5.35. The summed E-state index contributed by atoms with van der Waals surface area (Å²) in [4.78, 5) is 10.8. The predicted octanol–water partition coefficient (Wildman–Crippen LogP) is 9.78. The number of benzene rings is 10. The first-order valence-corrected chi connectivity index (χ1v) is 29.1. The summed E-state index contributed by atoms with van der Waals surface area (Å²) in [5.41, 5.74) is 34.3. The molecule has 366 valence electrons. The summed E-state index contributed by atoms with van der Waals surface area (Å²) >= 11 is 1.97. The number of hydrogen-bond donors (Lipinski definition) is 0. The van der Waals surface area contributed by atoms with Gasteiger partial charge in [0.05, 0.1) is 0 Å². The van der Waals surface area contributed by atoms with Crippen LogP contribution in [-0.4, -0.2) is 26.9 Å². The molecule has 10 aromatic carbocycles. The lowest BCUT2D eigenvalue weighted by Gasteiger charge is -2.55. The average molecular weight is 1010 g/mol. The van der Waals surface area contributed by atoms with E-state index in [1.165, 1.54) is 149 Å². The van der Waals surface area contributed by atoms with Crippen LogP contribution in [0.15, 0.2) is 196 Å². The minimum atomic E-state index is -0.0955. The molecule has 0 saturated heterocycles. The van der Waals surface area contributed by atoms with E-state index in [1.807, 2.05) is 11.8 Å². The van der Waals surface area contributed by atoms with Crippen LogP contribution in [0.5, 0.6) is 0 Å². The number of anilines is 9. The van der Waals surface area contributed by atoms with Gasteiger partial charge in [0.25, 0.3) is 20.1 Å². The van der Waals surface area contributed by atoms with Crippen LogP contribution in [0, 0.1) is 0 Å². The Morgan fingerprint density at radius 3 is 1.41 bits per heavy atom. The van der Waals surface area contributed by atoms with Gasteiger partial charge in [0, 0.05) is 71.7 Å². The van der Waals surface area contributed by atoms with Gasteiger partial charge < -0.3 is 19.1 Å². The smallest absolute Gasteiger partial charge is 0.256 e. The molecule has 0 fully saturated rings. The zero-order valence-electron chi connectivity index (χ0n) is 44.5. The molecule has 11 aromatic rings. The molecule has 0 spiro atoms. The highest BCUT2D eigenvalue weighted by molar-refractivity contribution is 8.00. The Hall–Kier alpha value is -7.99. The molecule has 0 unspecified atom stereocenters. The van der Waals surface area contributed by atoms with Gasteiger partial charge in [-0.3, -0.25) is 0 Å². The highest BCUT2D eigenvalue weighted by atomic mass is 32.2. The van der Waals surface area contributed by atoms with Crippen molar-refractivity contribution in [2.45, 2.75) is 69.1 Å². The summed E-state index contributed by atoms with van der Waals surface area (Å²) in [6, 6.07) is 70.6. The van der Waals surface area contributed by atoms with Crippen molar-refractivity contribution in [3.8, 4) is 0 Å². The lowest BCUT2D eigenvalue weighted by atomic mass is 9.24. The first-order valence-electron chi connectivity index (χ1n) is 28.3. The second kappa shape index (κ2) is 15.4. The van der Waals surface area contributed by atoms with Crippen LogP contribution in [0.3, 0.4) is 0 Å². The summed E-state index contributed by atoms with van der Waals surface area (Å²) in [7, 11) is 0. The molecule has 0 bridgehead atoms. The predicted molar refractivity (Wildman–Crippen MR) is 336 cm³/mol. The largest absolute Gasteiger partial charge is 0.457 e. The second-order valence-corrected chi connectivity index (χ2v) is 25.0. The van der Waals surface area contributed by atoms with E-state index in [9.17, 15) is 0 Å². The van der Waals surface area contributed by atoms with Gasteiger partial charge in [0.1, 0.15) is 11.2 Å². The number of furan rings is 1.